The number of aryl methyl sites for hydroxylation is 1. The summed E-state index contributed by atoms with van der Waals surface area (Å²) in [5.41, 5.74) is 1.21. The maximum Gasteiger partial charge on any atom is 0.162 e. The highest BCUT2D eigenvalue weighted by molar-refractivity contribution is 5.29. The molecule has 1 aromatic carbocycles. The Balaban J connectivity index is 1.47. The molecule has 2 heteroatoms. The number of benzene rings is 1. The monoisotopic (exact) mass is 418 g/mol. The van der Waals surface area contributed by atoms with Crippen molar-refractivity contribution in [2.24, 2.45) is 17.8 Å². The van der Waals surface area contributed by atoms with Gasteiger partial charge in [0.1, 0.15) is 0 Å². The molecule has 30 heavy (non-hydrogen) atoms. The summed E-state index contributed by atoms with van der Waals surface area (Å²) in [5, 5.41) is 0. The smallest absolute Gasteiger partial charge is 0.162 e. The van der Waals surface area contributed by atoms with Crippen LogP contribution in [0.3, 0.4) is 0 Å². The first-order valence-corrected chi connectivity index (χ1v) is 13.1. The van der Waals surface area contributed by atoms with E-state index in [2.05, 4.69) is 13.8 Å². The van der Waals surface area contributed by atoms with Crippen molar-refractivity contribution in [1.82, 2.24) is 0 Å². The van der Waals surface area contributed by atoms with Crippen molar-refractivity contribution in [2.45, 2.75) is 122 Å². The van der Waals surface area contributed by atoms with Crippen LogP contribution in [0.1, 0.15) is 127 Å². The van der Waals surface area contributed by atoms with Gasteiger partial charge >= 0.3 is 0 Å². The van der Waals surface area contributed by atoms with E-state index in [4.69, 9.17) is 0 Å². The molecule has 0 nitrogen and oxygen atoms in total. The Morgan fingerprint density at radius 1 is 0.700 bits per heavy atom. The lowest BCUT2D eigenvalue weighted by Crippen LogP contribution is -2.25. The molecule has 0 heterocycles. The SMILES string of the molecule is CCCCCc1ccc([C@H]2CC[C@H]([C@H]3CC[C@H](CCCCC)CC3)CC2)c(F)c1F. The summed E-state index contributed by atoms with van der Waals surface area (Å²) in [6, 6.07) is 3.75. The van der Waals surface area contributed by atoms with Crippen molar-refractivity contribution < 1.29 is 8.78 Å². The normalized spacial score (nSPS) is 27.3. The number of hydrogen-bond donors (Lipinski definition) is 0. The minimum Gasteiger partial charge on any atom is -0.203 e. The van der Waals surface area contributed by atoms with Gasteiger partial charge < -0.3 is 0 Å². The second-order valence-electron chi connectivity index (χ2n) is 10.3. The fourth-order valence-electron chi connectivity index (χ4n) is 6.21. The number of hydrogen-bond acceptors (Lipinski definition) is 0. The van der Waals surface area contributed by atoms with Gasteiger partial charge in [-0.05, 0) is 86.2 Å². The molecule has 2 aliphatic carbocycles. The zero-order valence-corrected chi connectivity index (χ0v) is 19.5. The van der Waals surface area contributed by atoms with Gasteiger partial charge in [-0.25, -0.2) is 8.78 Å². The molecule has 2 fully saturated rings. The third-order valence-electron chi connectivity index (χ3n) is 8.23. The Labute approximate surface area is 184 Å². The zero-order chi connectivity index (χ0) is 21.3. The molecule has 0 atom stereocenters. The van der Waals surface area contributed by atoms with Gasteiger partial charge in [-0.15, -0.1) is 0 Å². The van der Waals surface area contributed by atoms with Gasteiger partial charge in [-0.3, -0.25) is 0 Å². The Kier molecular flexibility index (Phi) is 9.65. The quantitative estimate of drug-likeness (QED) is 0.332. The highest BCUT2D eigenvalue weighted by Crippen LogP contribution is 2.45. The van der Waals surface area contributed by atoms with Crippen LogP contribution in [0.15, 0.2) is 12.1 Å². The first kappa shape index (κ1) is 23.7. The molecule has 2 saturated carbocycles. The predicted molar refractivity (Wildman–Crippen MR) is 124 cm³/mol. The average Bonchev–Trinajstić information content (AvgIpc) is 2.78. The van der Waals surface area contributed by atoms with Gasteiger partial charge in [0.2, 0.25) is 0 Å². The maximum absolute atomic E-state index is 14.8. The van der Waals surface area contributed by atoms with Crippen LogP contribution in [0.2, 0.25) is 0 Å². The number of unbranched alkanes of at least 4 members (excludes halogenated alkanes) is 4. The number of halogens is 2. The van der Waals surface area contributed by atoms with E-state index in [1.807, 2.05) is 12.1 Å². The van der Waals surface area contributed by atoms with Crippen LogP contribution >= 0.6 is 0 Å². The summed E-state index contributed by atoms with van der Waals surface area (Å²) >= 11 is 0. The molecular weight excluding hydrogens is 374 g/mol. The molecule has 170 valence electrons. The van der Waals surface area contributed by atoms with Crippen molar-refractivity contribution >= 4 is 0 Å². The molecule has 0 aliphatic heterocycles. The zero-order valence-electron chi connectivity index (χ0n) is 19.5. The van der Waals surface area contributed by atoms with Crippen molar-refractivity contribution in [2.75, 3.05) is 0 Å². The van der Waals surface area contributed by atoms with E-state index in [0.29, 0.717) is 17.5 Å². The fourth-order valence-corrected chi connectivity index (χ4v) is 6.21. The van der Waals surface area contributed by atoms with Crippen LogP contribution in [0.4, 0.5) is 8.78 Å². The highest BCUT2D eigenvalue weighted by atomic mass is 19.2. The van der Waals surface area contributed by atoms with Crippen LogP contribution in [0.5, 0.6) is 0 Å². The first-order valence-electron chi connectivity index (χ1n) is 13.1. The molecular formula is C28H44F2. The summed E-state index contributed by atoms with van der Waals surface area (Å²) < 4.78 is 29.4. The van der Waals surface area contributed by atoms with Gasteiger partial charge in [-0.1, -0.05) is 77.3 Å². The molecule has 0 radical (unpaired) electrons. The van der Waals surface area contributed by atoms with Crippen molar-refractivity contribution in [1.29, 1.82) is 0 Å². The van der Waals surface area contributed by atoms with E-state index >= 15 is 0 Å². The largest absolute Gasteiger partial charge is 0.203 e. The van der Waals surface area contributed by atoms with Gasteiger partial charge in [0.05, 0.1) is 0 Å². The Hall–Kier alpha value is -0.920. The second-order valence-corrected chi connectivity index (χ2v) is 10.3. The van der Waals surface area contributed by atoms with Crippen molar-refractivity contribution in [3.8, 4) is 0 Å². The molecule has 0 unspecified atom stereocenters. The molecule has 1 aromatic rings. The van der Waals surface area contributed by atoms with Crippen LogP contribution in [0.25, 0.3) is 0 Å². The van der Waals surface area contributed by atoms with E-state index < -0.39 is 11.6 Å². The molecule has 0 N–H and O–H groups in total. The molecule has 0 bridgehead atoms. The van der Waals surface area contributed by atoms with Crippen molar-refractivity contribution in [3.63, 3.8) is 0 Å². The molecule has 2 aliphatic rings. The van der Waals surface area contributed by atoms with Crippen LogP contribution < -0.4 is 0 Å². The fraction of sp³-hybridized carbons (Fsp3) is 0.786. The second kappa shape index (κ2) is 12.2. The van der Waals surface area contributed by atoms with Gasteiger partial charge in [0.15, 0.2) is 11.6 Å². The number of rotatable bonds is 10. The summed E-state index contributed by atoms with van der Waals surface area (Å²) in [5.74, 6) is 1.75. The van der Waals surface area contributed by atoms with E-state index in [9.17, 15) is 8.78 Å². The molecule has 0 aromatic heterocycles. The third kappa shape index (κ3) is 6.30. The summed E-state index contributed by atoms with van der Waals surface area (Å²) in [6.07, 6.45) is 19.5. The molecule has 0 saturated heterocycles. The maximum atomic E-state index is 14.8. The molecule has 0 spiro atoms. The first-order chi connectivity index (χ1) is 14.6. The van der Waals surface area contributed by atoms with E-state index in [1.165, 1.54) is 64.2 Å². The third-order valence-corrected chi connectivity index (χ3v) is 8.23. The lowest BCUT2D eigenvalue weighted by Gasteiger charge is -2.38. The predicted octanol–water partition coefficient (Wildman–Crippen LogP) is 9.36. The van der Waals surface area contributed by atoms with Crippen LogP contribution in [0, 0.1) is 29.4 Å². The molecule has 3 rings (SSSR count). The van der Waals surface area contributed by atoms with Crippen molar-refractivity contribution in [3.05, 3.63) is 34.9 Å². The Morgan fingerprint density at radius 3 is 1.93 bits per heavy atom. The lowest BCUT2D eigenvalue weighted by molar-refractivity contribution is 0.155. The van der Waals surface area contributed by atoms with E-state index in [0.717, 1.165) is 49.9 Å². The minimum absolute atomic E-state index is 0.214. The Bertz CT molecular complexity index is 622. The lowest BCUT2D eigenvalue weighted by atomic mass is 9.68. The summed E-state index contributed by atoms with van der Waals surface area (Å²) in [6.45, 7) is 4.42. The standard InChI is InChI=1S/C28H44F2/c1-3-5-7-9-21-11-13-22(14-12-21)23-15-17-24(18-16-23)26-20-19-25(10-8-6-4-2)27(29)28(26)30/h19-24H,3-18H2,1-2H3/t21-,22-,23-,24-. The Morgan fingerprint density at radius 2 is 1.30 bits per heavy atom. The highest BCUT2D eigenvalue weighted by Gasteiger charge is 2.32. The minimum atomic E-state index is -0.577. The van der Waals surface area contributed by atoms with Crippen LogP contribution in [-0.2, 0) is 6.42 Å². The van der Waals surface area contributed by atoms with Gasteiger partial charge in [-0.2, -0.15) is 0 Å². The van der Waals surface area contributed by atoms with E-state index in [-0.39, 0.29) is 5.92 Å². The summed E-state index contributed by atoms with van der Waals surface area (Å²) in [4.78, 5) is 0. The average molecular weight is 419 g/mol. The van der Waals surface area contributed by atoms with E-state index in [1.54, 1.807) is 0 Å². The topological polar surface area (TPSA) is 0 Å². The van der Waals surface area contributed by atoms with Crippen LogP contribution in [-0.4, -0.2) is 0 Å². The molecule has 0 amide bonds. The van der Waals surface area contributed by atoms with Gasteiger partial charge in [0.25, 0.3) is 0 Å². The van der Waals surface area contributed by atoms with Gasteiger partial charge in [0, 0.05) is 0 Å². The summed E-state index contributed by atoms with van der Waals surface area (Å²) in [7, 11) is 0.